The molecular formula is C74H136N2O7P+. The SMILES string of the molecule is CC/C=C\C/C=C\C/C=C\C/C=C\C/C=C\CCCCCCCC(=O)OC(/C=C\CCCCCCCCCCCC)C(COP(=O)(O)OCC[N+](C)(C)C)NC(=O)CCCCCCCCCCCCCCCCC/C=C/CCCCCCCC. The molecule has 84 heavy (non-hydrogen) atoms. The van der Waals surface area contributed by atoms with Crippen molar-refractivity contribution in [2.75, 3.05) is 40.9 Å². The van der Waals surface area contributed by atoms with E-state index in [9.17, 15) is 19.0 Å². The number of esters is 1. The molecule has 0 saturated heterocycles. The highest BCUT2D eigenvalue weighted by Crippen LogP contribution is 2.43. The largest absolute Gasteiger partial charge is 0.472 e. The van der Waals surface area contributed by atoms with Crippen LogP contribution >= 0.6 is 7.82 Å². The molecule has 3 unspecified atom stereocenters. The highest BCUT2D eigenvalue weighted by Gasteiger charge is 2.30. The Kier molecular flexibility index (Phi) is 61.1. The lowest BCUT2D eigenvalue weighted by atomic mass is 10.0. The zero-order chi connectivity index (χ0) is 61.4. The van der Waals surface area contributed by atoms with Crippen molar-refractivity contribution < 1.29 is 37.3 Å². The number of phosphoric ester groups is 1. The number of carbonyl (C=O) groups is 2. The molecule has 0 radical (unpaired) electrons. The normalized spacial score (nSPS) is 14.0. The number of unbranched alkanes of at least 4 members (excludes halogenated alkanes) is 36. The Hall–Kier alpha value is -2.81. The number of carbonyl (C=O) groups excluding carboxylic acids is 2. The van der Waals surface area contributed by atoms with Gasteiger partial charge < -0.3 is 19.4 Å². The van der Waals surface area contributed by atoms with Gasteiger partial charge in [-0.25, -0.2) is 4.57 Å². The van der Waals surface area contributed by atoms with Crippen molar-refractivity contribution in [2.24, 2.45) is 0 Å². The van der Waals surface area contributed by atoms with E-state index in [2.05, 4.69) is 99.0 Å². The molecule has 0 aliphatic carbocycles. The minimum absolute atomic E-state index is 0.0347. The standard InChI is InChI=1S/C74H135N2O7P/c1-7-10-13-16-19-22-25-28-30-32-34-36-37-38-39-41-42-44-46-48-51-54-57-60-63-66-73(77)75-71(70-82-84(79,80)81-69-68-76(4,5)6)72(65-62-59-56-53-50-27-24-21-18-15-12-9-3)83-74(78)67-64-61-58-55-52-49-47-45-43-40-35-33-31-29-26-23-20-17-14-11-8-2/h11,14,20,23,28-31,35,40,45,47,62,65,71-72H,7-10,12-13,15-19,21-22,24-27,32-34,36-39,41-44,46,48-61,63-64,66-70H2,1-6H3,(H-,75,77,79,80)/p+1/b14-11-,23-20-,30-28+,31-29-,40-35-,47-45-,65-62-. The van der Waals surface area contributed by atoms with Gasteiger partial charge in [0, 0.05) is 12.8 Å². The molecule has 3 atom stereocenters. The van der Waals surface area contributed by atoms with Crippen LogP contribution in [0.25, 0.3) is 0 Å². The van der Waals surface area contributed by atoms with E-state index in [1.54, 1.807) is 0 Å². The summed E-state index contributed by atoms with van der Waals surface area (Å²) in [5.41, 5.74) is 0. The number of hydrogen-bond donors (Lipinski definition) is 2. The third-order valence-corrected chi connectivity index (χ3v) is 16.6. The van der Waals surface area contributed by atoms with Gasteiger partial charge in [0.15, 0.2) is 0 Å². The van der Waals surface area contributed by atoms with Gasteiger partial charge >= 0.3 is 13.8 Å². The maximum Gasteiger partial charge on any atom is 0.472 e. The predicted octanol–water partition coefficient (Wildman–Crippen LogP) is 22.5. The second kappa shape index (κ2) is 63.2. The minimum atomic E-state index is -4.46. The van der Waals surface area contributed by atoms with E-state index in [-0.39, 0.29) is 31.5 Å². The number of amides is 1. The average Bonchev–Trinajstić information content (AvgIpc) is 3.65. The average molecular weight is 1200 g/mol. The quantitative estimate of drug-likeness (QED) is 0.0205. The number of nitrogens with zero attached hydrogens (tertiary/aromatic N) is 1. The second-order valence-corrected chi connectivity index (χ2v) is 26.5. The van der Waals surface area contributed by atoms with Gasteiger partial charge in [0.1, 0.15) is 19.3 Å². The van der Waals surface area contributed by atoms with Gasteiger partial charge in [0.25, 0.3) is 0 Å². The monoisotopic (exact) mass is 1200 g/mol. The molecule has 0 rings (SSSR count). The van der Waals surface area contributed by atoms with Gasteiger partial charge in [-0.05, 0) is 102 Å². The summed E-state index contributed by atoms with van der Waals surface area (Å²) in [6.07, 6.45) is 84.5. The van der Waals surface area contributed by atoms with Crippen LogP contribution in [0.2, 0.25) is 0 Å². The number of hydrogen-bond acceptors (Lipinski definition) is 6. The van der Waals surface area contributed by atoms with E-state index in [1.165, 1.54) is 180 Å². The summed E-state index contributed by atoms with van der Waals surface area (Å²) in [4.78, 5) is 37.9. The van der Waals surface area contributed by atoms with E-state index in [0.717, 1.165) is 103 Å². The molecule has 0 spiro atoms. The first-order chi connectivity index (χ1) is 40.9. The van der Waals surface area contributed by atoms with Crippen molar-refractivity contribution in [1.29, 1.82) is 0 Å². The molecule has 488 valence electrons. The summed E-state index contributed by atoms with van der Waals surface area (Å²) in [5, 5.41) is 3.07. The summed E-state index contributed by atoms with van der Waals surface area (Å²) in [7, 11) is 1.48. The first kappa shape index (κ1) is 81.2. The van der Waals surface area contributed by atoms with Crippen LogP contribution in [0.5, 0.6) is 0 Å². The molecule has 0 aromatic carbocycles. The summed E-state index contributed by atoms with van der Waals surface area (Å²) in [6, 6.07) is -0.860. The molecule has 0 saturated carbocycles. The lowest BCUT2D eigenvalue weighted by Crippen LogP contribution is -2.47. The maximum absolute atomic E-state index is 13.6. The highest BCUT2D eigenvalue weighted by atomic mass is 31.2. The Balaban J connectivity index is 5.09. The topological polar surface area (TPSA) is 111 Å². The smallest absolute Gasteiger partial charge is 0.456 e. The van der Waals surface area contributed by atoms with E-state index in [4.69, 9.17) is 13.8 Å². The van der Waals surface area contributed by atoms with Gasteiger partial charge in [0.05, 0.1) is 33.8 Å². The molecule has 0 aliphatic rings. The van der Waals surface area contributed by atoms with Crippen LogP contribution in [0, 0.1) is 0 Å². The van der Waals surface area contributed by atoms with Crippen LogP contribution in [-0.2, 0) is 27.9 Å². The van der Waals surface area contributed by atoms with Crippen molar-refractivity contribution in [3.63, 3.8) is 0 Å². The fraction of sp³-hybridized carbons (Fsp3) is 0.784. The molecule has 9 nitrogen and oxygen atoms in total. The molecular weight excluding hydrogens is 1060 g/mol. The minimum Gasteiger partial charge on any atom is -0.456 e. The first-order valence-corrected chi connectivity index (χ1v) is 36.9. The molecule has 2 N–H and O–H groups in total. The Labute approximate surface area is 520 Å². The van der Waals surface area contributed by atoms with E-state index in [0.29, 0.717) is 23.9 Å². The van der Waals surface area contributed by atoms with Crippen molar-refractivity contribution >= 4 is 19.7 Å². The van der Waals surface area contributed by atoms with Crippen LogP contribution < -0.4 is 5.32 Å². The third kappa shape index (κ3) is 63.7. The summed E-state index contributed by atoms with van der Waals surface area (Å²) in [5.74, 6) is -0.520. The van der Waals surface area contributed by atoms with Gasteiger partial charge in [-0.1, -0.05) is 292 Å². The molecule has 0 aromatic heterocycles. The highest BCUT2D eigenvalue weighted by molar-refractivity contribution is 7.47. The van der Waals surface area contributed by atoms with Crippen LogP contribution in [0.4, 0.5) is 0 Å². The predicted molar refractivity (Wildman–Crippen MR) is 364 cm³/mol. The molecule has 1 amide bonds. The van der Waals surface area contributed by atoms with Gasteiger partial charge in [0.2, 0.25) is 5.91 Å². The molecule has 0 heterocycles. The van der Waals surface area contributed by atoms with E-state index >= 15 is 0 Å². The lowest BCUT2D eigenvalue weighted by molar-refractivity contribution is -0.870. The van der Waals surface area contributed by atoms with Gasteiger partial charge in [-0.15, -0.1) is 0 Å². The molecule has 0 aliphatic heterocycles. The first-order valence-electron chi connectivity index (χ1n) is 35.4. The van der Waals surface area contributed by atoms with E-state index in [1.807, 2.05) is 33.3 Å². The van der Waals surface area contributed by atoms with Crippen molar-refractivity contribution in [1.82, 2.24) is 5.32 Å². The number of phosphoric acid groups is 1. The van der Waals surface area contributed by atoms with Crippen LogP contribution in [-0.4, -0.2) is 74.3 Å². The third-order valence-electron chi connectivity index (χ3n) is 15.6. The Morgan fingerprint density at radius 3 is 1.15 bits per heavy atom. The summed E-state index contributed by atoms with van der Waals surface area (Å²) >= 11 is 0. The van der Waals surface area contributed by atoms with Crippen molar-refractivity contribution in [3.8, 4) is 0 Å². The second-order valence-electron chi connectivity index (χ2n) is 25.0. The van der Waals surface area contributed by atoms with Crippen LogP contribution in [0.1, 0.15) is 323 Å². The van der Waals surface area contributed by atoms with Crippen molar-refractivity contribution in [3.05, 3.63) is 85.1 Å². The van der Waals surface area contributed by atoms with Gasteiger partial charge in [-0.3, -0.25) is 18.6 Å². The Bertz CT molecular complexity index is 1710. The number of ether oxygens (including phenoxy) is 1. The summed E-state index contributed by atoms with van der Waals surface area (Å²) < 4.78 is 30.8. The fourth-order valence-corrected chi connectivity index (χ4v) is 10.9. The molecule has 0 aromatic rings. The maximum atomic E-state index is 13.6. The lowest BCUT2D eigenvalue weighted by Gasteiger charge is -2.27. The fourth-order valence-electron chi connectivity index (χ4n) is 10.1. The number of quaternary nitrogens is 1. The van der Waals surface area contributed by atoms with E-state index < -0.39 is 20.0 Å². The number of likely N-dealkylation sites (N-methyl/N-ethyl adjacent to an activating group) is 1. The zero-order valence-electron chi connectivity index (χ0n) is 55.9. The molecule has 0 bridgehead atoms. The van der Waals surface area contributed by atoms with Crippen LogP contribution in [0.15, 0.2) is 85.1 Å². The Morgan fingerprint density at radius 1 is 0.429 bits per heavy atom. The van der Waals surface area contributed by atoms with Crippen LogP contribution in [0.3, 0.4) is 0 Å². The molecule has 0 fully saturated rings. The molecule has 10 heteroatoms. The summed E-state index contributed by atoms with van der Waals surface area (Å²) in [6.45, 7) is 6.91. The van der Waals surface area contributed by atoms with Crippen molar-refractivity contribution in [2.45, 2.75) is 335 Å². The number of allylic oxidation sites excluding steroid dienone is 13. The zero-order valence-corrected chi connectivity index (χ0v) is 56.8. The number of nitrogens with one attached hydrogen (secondary N) is 1. The Morgan fingerprint density at radius 2 is 0.762 bits per heavy atom. The van der Waals surface area contributed by atoms with Gasteiger partial charge in [-0.2, -0.15) is 0 Å². The number of rotatable bonds is 64.